The summed E-state index contributed by atoms with van der Waals surface area (Å²) < 4.78 is 28.4. The third-order valence-corrected chi connectivity index (χ3v) is 5.14. The minimum Gasteiger partial charge on any atom is -0.371 e. The molecule has 1 saturated heterocycles. The molecule has 0 aliphatic carbocycles. The van der Waals surface area contributed by atoms with Gasteiger partial charge in [0.05, 0.1) is 11.6 Å². The number of benzene rings is 1. The predicted octanol–water partition coefficient (Wildman–Crippen LogP) is 4.14. The van der Waals surface area contributed by atoms with E-state index in [0.29, 0.717) is 38.3 Å². The number of aryl methyl sites for hydroxylation is 1. The topological polar surface area (TPSA) is 41.0 Å². The van der Waals surface area contributed by atoms with E-state index in [4.69, 9.17) is 11.6 Å². The van der Waals surface area contributed by atoms with Gasteiger partial charge in [-0.05, 0) is 36.2 Å². The Morgan fingerprint density at radius 3 is 2.59 bits per heavy atom. The number of nitrogens with zero attached hydrogens (tertiary/aromatic N) is 3. The monoisotopic (exact) mass is 392 g/mol. The minimum atomic E-state index is -1.28. The van der Waals surface area contributed by atoms with Crippen LogP contribution in [0, 0.1) is 12.7 Å². The molecule has 0 amide bonds. The smallest absolute Gasteiger partial charge is 0.141 e. The molecule has 0 atom stereocenters. The molecule has 1 N–H and O–H groups in total. The summed E-state index contributed by atoms with van der Waals surface area (Å²) in [6.07, 6.45) is 4.29. The first-order valence-corrected chi connectivity index (χ1v) is 9.30. The first kappa shape index (κ1) is 19.7. The molecule has 2 aromatic rings. The highest BCUT2D eigenvalue weighted by atomic mass is 35.5. The van der Waals surface area contributed by atoms with Gasteiger partial charge in [0.2, 0.25) is 0 Å². The number of hydrogen-bond acceptors (Lipinski definition) is 4. The van der Waals surface area contributed by atoms with Gasteiger partial charge in [-0.25, -0.2) is 18.7 Å². The molecule has 27 heavy (non-hydrogen) atoms. The average molecular weight is 393 g/mol. The second-order valence-corrected chi connectivity index (χ2v) is 7.40. The summed E-state index contributed by atoms with van der Waals surface area (Å²) in [7, 11) is 0. The molecule has 0 spiro atoms. The summed E-state index contributed by atoms with van der Waals surface area (Å²) in [6.45, 7) is 7.79. The fraction of sp³-hybridized carbons (Fsp3) is 0.400. The van der Waals surface area contributed by atoms with Gasteiger partial charge < -0.3 is 10.2 Å². The summed E-state index contributed by atoms with van der Waals surface area (Å²) in [4.78, 5) is 10.4. The minimum absolute atomic E-state index is 0.0630. The van der Waals surface area contributed by atoms with Crippen molar-refractivity contribution in [2.75, 3.05) is 19.6 Å². The highest BCUT2D eigenvalue weighted by Crippen LogP contribution is 2.31. The Morgan fingerprint density at radius 1 is 1.30 bits per heavy atom. The van der Waals surface area contributed by atoms with Crippen LogP contribution in [-0.2, 0) is 6.54 Å². The van der Waals surface area contributed by atoms with Crippen LogP contribution >= 0.6 is 11.6 Å². The van der Waals surface area contributed by atoms with Crippen molar-refractivity contribution in [1.82, 2.24) is 20.2 Å². The zero-order valence-corrected chi connectivity index (χ0v) is 16.1. The second kappa shape index (κ2) is 8.31. The molecule has 1 aromatic carbocycles. The Bertz CT molecular complexity index is 802. The molecule has 0 radical (unpaired) electrons. The van der Waals surface area contributed by atoms with E-state index in [1.807, 2.05) is 11.8 Å². The molecule has 7 heteroatoms. The van der Waals surface area contributed by atoms with Crippen molar-refractivity contribution >= 4 is 17.3 Å². The molecule has 4 nitrogen and oxygen atoms in total. The number of halogens is 3. The molecule has 1 aliphatic heterocycles. The van der Waals surface area contributed by atoms with Gasteiger partial charge in [-0.1, -0.05) is 18.2 Å². The lowest BCUT2D eigenvalue weighted by molar-refractivity contribution is 0.0800. The van der Waals surface area contributed by atoms with Crippen LogP contribution in [0.4, 0.5) is 8.78 Å². The fourth-order valence-corrected chi connectivity index (χ4v) is 3.30. The van der Waals surface area contributed by atoms with E-state index in [-0.39, 0.29) is 11.6 Å². The molecule has 1 aliphatic rings. The number of likely N-dealkylation sites (tertiary alicyclic amines) is 1. The van der Waals surface area contributed by atoms with Crippen molar-refractivity contribution in [1.29, 1.82) is 0 Å². The van der Waals surface area contributed by atoms with Crippen molar-refractivity contribution in [3.8, 4) is 0 Å². The van der Waals surface area contributed by atoms with Crippen LogP contribution in [0.15, 0.2) is 37.2 Å². The van der Waals surface area contributed by atoms with E-state index in [1.165, 1.54) is 6.07 Å². The van der Waals surface area contributed by atoms with Gasteiger partial charge in [0.25, 0.3) is 0 Å². The van der Waals surface area contributed by atoms with Gasteiger partial charge in [-0.3, -0.25) is 0 Å². The number of alkyl halides is 1. The highest BCUT2D eigenvalue weighted by molar-refractivity contribution is 6.30. The normalized spacial score (nSPS) is 16.4. The molecular weight excluding hydrogens is 370 g/mol. The molecular formula is C20H23ClF2N4. The van der Waals surface area contributed by atoms with Gasteiger partial charge in [0.1, 0.15) is 17.3 Å². The van der Waals surface area contributed by atoms with Crippen LogP contribution in [-0.4, -0.2) is 40.2 Å². The van der Waals surface area contributed by atoms with Gasteiger partial charge in [-0.2, -0.15) is 0 Å². The SMILES string of the molecule is C=C(c1ccc(F)c(Cl)c1)N1CCC(F)(CNCc2ncc(C)cn2)CC1. The fourth-order valence-electron chi connectivity index (χ4n) is 3.12. The van der Waals surface area contributed by atoms with Crippen molar-refractivity contribution < 1.29 is 8.78 Å². The quantitative estimate of drug-likeness (QED) is 0.802. The number of piperidine rings is 1. The Hall–Kier alpha value is -2.05. The van der Waals surface area contributed by atoms with Gasteiger partial charge in [0, 0.05) is 50.6 Å². The van der Waals surface area contributed by atoms with Crippen LogP contribution in [0.2, 0.25) is 5.02 Å². The summed E-state index contributed by atoms with van der Waals surface area (Å²) in [5.74, 6) is 0.196. The van der Waals surface area contributed by atoms with Gasteiger partial charge in [-0.15, -0.1) is 0 Å². The Labute approximate surface area is 163 Å². The van der Waals surface area contributed by atoms with Crippen LogP contribution < -0.4 is 5.32 Å². The van der Waals surface area contributed by atoms with Gasteiger partial charge >= 0.3 is 0 Å². The lowest BCUT2D eigenvalue weighted by Crippen LogP contribution is -2.46. The van der Waals surface area contributed by atoms with Crippen LogP contribution in [0.3, 0.4) is 0 Å². The Kier molecular flexibility index (Phi) is 6.07. The summed E-state index contributed by atoms with van der Waals surface area (Å²) in [5.41, 5.74) is 1.21. The first-order chi connectivity index (χ1) is 12.9. The zero-order valence-electron chi connectivity index (χ0n) is 15.3. The molecule has 1 aromatic heterocycles. The first-order valence-electron chi connectivity index (χ1n) is 8.93. The average Bonchev–Trinajstić information content (AvgIpc) is 2.66. The maximum Gasteiger partial charge on any atom is 0.141 e. The second-order valence-electron chi connectivity index (χ2n) is 6.99. The van der Waals surface area contributed by atoms with Crippen LogP contribution in [0.5, 0.6) is 0 Å². The molecule has 0 unspecified atom stereocenters. The maximum atomic E-state index is 15.1. The molecule has 0 bridgehead atoms. The predicted molar refractivity (Wildman–Crippen MR) is 104 cm³/mol. The zero-order chi connectivity index (χ0) is 19.4. The summed E-state index contributed by atoms with van der Waals surface area (Å²) in [5, 5.41) is 3.18. The lowest BCUT2D eigenvalue weighted by atomic mass is 9.92. The lowest BCUT2D eigenvalue weighted by Gasteiger charge is -2.38. The van der Waals surface area contributed by atoms with E-state index < -0.39 is 11.5 Å². The van der Waals surface area contributed by atoms with Crippen molar-refractivity contribution in [2.24, 2.45) is 0 Å². The molecule has 0 saturated carbocycles. The molecule has 1 fully saturated rings. The highest BCUT2D eigenvalue weighted by Gasteiger charge is 2.34. The van der Waals surface area contributed by atoms with Crippen LogP contribution in [0.25, 0.3) is 5.70 Å². The van der Waals surface area contributed by atoms with Crippen molar-refractivity contribution in [3.63, 3.8) is 0 Å². The number of aromatic nitrogens is 2. The third-order valence-electron chi connectivity index (χ3n) is 4.85. The van der Waals surface area contributed by atoms with E-state index in [2.05, 4.69) is 21.9 Å². The Morgan fingerprint density at radius 2 is 1.96 bits per heavy atom. The standard InChI is InChI=1S/C20H23ClF2N4/c1-14-10-25-19(26-11-14)12-24-13-20(23)5-7-27(8-6-20)15(2)16-3-4-18(22)17(21)9-16/h3-4,9-11,24H,2,5-8,12-13H2,1H3. The number of nitrogens with one attached hydrogen (secondary N) is 1. The van der Waals surface area contributed by atoms with Crippen molar-refractivity contribution in [3.05, 3.63) is 65.0 Å². The van der Waals surface area contributed by atoms with E-state index in [1.54, 1.807) is 24.5 Å². The van der Waals surface area contributed by atoms with E-state index >= 15 is 4.39 Å². The number of rotatable bonds is 6. The van der Waals surface area contributed by atoms with E-state index in [9.17, 15) is 4.39 Å². The summed E-state index contributed by atoms with van der Waals surface area (Å²) >= 11 is 5.85. The van der Waals surface area contributed by atoms with Gasteiger partial charge in [0.15, 0.2) is 0 Å². The van der Waals surface area contributed by atoms with E-state index in [0.717, 1.165) is 16.8 Å². The Balaban J connectivity index is 1.50. The molecule has 3 rings (SSSR count). The molecule has 2 heterocycles. The third kappa shape index (κ3) is 5.02. The van der Waals surface area contributed by atoms with Crippen LogP contribution in [0.1, 0.15) is 29.8 Å². The van der Waals surface area contributed by atoms with Crippen molar-refractivity contribution in [2.45, 2.75) is 32.0 Å². The molecule has 144 valence electrons. The maximum absolute atomic E-state index is 15.1. The number of hydrogen-bond donors (Lipinski definition) is 1. The summed E-state index contributed by atoms with van der Waals surface area (Å²) in [6, 6.07) is 4.52. The largest absolute Gasteiger partial charge is 0.371 e.